The van der Waals surface area contributed by atoms with Crippen LogP contribution in [0.5, 0.6) is 0 Å². The Balaban J connectivity index is 3.45. The second kappa shape index (κ2) is 6.07. The van der Waals surface area contributed by atoms with Crippen LogP contribution >= 0.6 is 0 Å². The number of benzene rings is 1. The standard InChI is InChI=1S/C12H11F2NO3/c1-2-18-12(17)8-4-3-7(6-16)9(5-15)10(8)11(13)14/h3-4,11,16H,2,6H2,1H3. The number of carbonyl (C=O) groups excluding carboxylic acids is 1. The van der Waals surface area contributed by atoms with Crippen LogP contribution in [0.1, 0.15) is 40.4 Å². The average Bonchev–Trinajstić information content (AvgIpc) is 2.36. The van der Waals surface area contributed by atoms with Gasteiger partial charge in [0.1, 0.15) is 6.07 Å². The summed E-state index contributed by atoms with van der Waals surface area (Å²) in [6, 6.07) is 3.98. The van der Waals surface area contributed by atoms with E-state index in [1.54, 1.807) is 13.0 Å². The number of aliphatic hydroxyl groups is 1. The van der Waals surface area contributed by atoms with Gasteiger partial charge in [0, 0.05) is 0 Å². The number of aliphatic hydroxyl groups excluding tert-OH is 1. The normalized spacial score (nSPS) is 10.2. The highest BCUT2D eigenvalue weighted by Crippen LogP contribution is 2.29. The van der Waals surface area contributed by atoms with Crippen molar-refractivity contribution >= 4 is 5.97 Å². The molecule has 0 aliphatic heterocycles. The minimum Gasteiger partial charge on any atom is -0.462 e. The van der Waals surface area contributed by atoms with Gasteiger partial charge in [0.05, 0.1) is 29.9 Å². The van der Waals surface area contributed by atoms with Crippen molar-refractivity contribution in [2.45, 2.75) is 20.0 Å². The van der Waals surface area contributed by atoms with Gasteiger partial charge in [-0.3, -0.25) is 0 Å². The molecule has 0 amide bonds. The fourth-order valence-electron chi connectivity index (χ4n) is 1.54. The van der Waals surface area contributed by atoms with Gasteiger partial charge in [-0.05, 0) is 18.6 Å². The number of nitriles is 1. The topological polar surface area (TPSA) is 70.3 Å². The van der Waals surface area contributed by atoms with Crippen LogP contribution in [0.4, 0.5) is 8.78 Å². The number of rotatable bonds is 4. The molecule has 4 nitrogen and oxygen atoms in total. The van der Waals surface area contributed by atoms with Crippen molar-refractivity contribution in [2.24, 2.45) is 0 Å². The summed E-state index contributed by atoms with van der Waals surface area (Å²) >= 11 is 0. The largest absolute Gasteiger partial charge is 0.462 e. The van der Waals surface area contributed by atoms with E-state index in [1.807, 2.05) is 0 Å². The second-order valence-corrected chi connectivity index (χ2v) is 3.35. The first kappa shape index (κ1) is 14.1. The monoisotopic (exact) mass is 255 g/mol. The molecule has 0 atom stereocenters. The number of alkyl halides is 2. The zero-order valence-corrected chi connectivity index (χ0v) is 9.61. The Bertz CT molecular complexity index is 495. The van der Waals surface area contributed by atoms with Gasteiger partial charge in [0.25, 0.3) is 6.43 Å². The van der Waals surface area contributed by atoms with Gasteiger partial charge in [-0.25, -0.2) is 13.6 Å². The van der Waals surface area contributed by atoms with Crippen LogP contribution in [0.2, 0.25) is 0 Å². The molecule has 0 bridgehead atoms. The molecule has 96 valence electrons. The molecule has 0 fully saturated rings. The van der Waals surface area contributed by atoms with Crippen LogP contribution < -0.4 is 0 Å². The second-order valence-electron chi connectivity index (χ2n) is 3.35. The van der Waals surface area contributed by atoms with E-state index in [2.05, 4.69) is 4.74 Å². The zero-order valence-electron chi connectivity index (χ0n) is 9.61. The van der Waals surface area contributed by atoms with Crippen LogP contribution in [-0.2, 0) is 11.3 Å². The molecule has 0 aromatic heterocycles. The van der Waals surface area contributed by atoms with Gasteiger partial charge < -0.3 is 9.84 Å². The third-order valence-corrected chi connectivity index (χ3v) is 2.33. The first-order valence-electron chi connectivity index (χ1n) is 5.18. The van der Waals surface area contributed by atoms with Crippen molar-refractivity contribution in [3.05, 3.63) is 34.4 Å². The molecule has 0 heterocycles. The van der Waals surface area contributed by atoms with E-state index in [9.17, 15) is 13.6 Å². The van der Waals surface area contributed by atoms with E-state index in [1.165, 1.54) is 6.07 Å². The Morgan fingerprint density at radius 1 is 1.56 bits per heavy atom. The summed E-state index contributed by atoms with van der Waals surface area (Å²) in [5.74, 6) is -0.909. The maximum absolute atomic E-state index is 13.0. The van der Waals surface area contributed by atoms with E-state index in [-0.39, 0.29) is 23.3 Å². The molecule has 18 heavy (non-hydrogen) atoms. The summed E-state index contributed by atoms with van der Waals surface area (Å²) in [6.07, 6.45) is -2.99. The number of carbonyl (C=O) groups is 1. The van der Waals surface area contributed by atoms with Gasteiger partial charge in [0.15, 0.2) is 0 Å². The van der Waals surface area contributed by atoms with E-state index in [4.69, 9.17) is 10.4 Å². The third-order valence-electron chi connectivity index (χ3n) is 2.33. The Morgan fingerprint density at radius 2 is 2.22 bits per heavy atom. The molecule has 0 aliphatic rings. The number of halogens is 2. The van der Waals surface area contributed by atoms with Crippen molar-refractivity contribution in [3.8, 4) is 6.07 Å². The smallest absolute Gasteiger partial charge is 0.338 e. The molecule has 1 N–H and O–H groups in total. The van der Waals surface area contributed by atoms with Crippen molar-refractivity contribution in [3.63, 3.8) is 0 Å². The molecule has 6 heteroatoms. The fourth-order valence-corrected chi connectivity index (χ4v) is 1.54. The Labute approximate surface area is 102 Å². The minimum absolute atomic E-state index is 0.0468. The van der Waals surface area contributed by atoms with Gasteiger partial charge in [-0.15, -0.1) is 0 Å². The molecule has 1 aromatic rings. The summed E-state index contributed by atoms with van der Waals surface area (Å²) < 4.78 is 30.6. The maximum Gasteiger partial charge on any atom is 0.338 e. The first-order valence-corrected chi connectivity index (χ1v) is 5.18. The minimum atomic E-state index is -2.99. The molecular formula is C12H11F2NO3. The Kier molecular flexibility index (Phi) is 4.75. The predicted octanol–water partition coefficient (Wildman–Crippen LogP) is 2.16. The molecule has 1 rings (SSSR count). The van der Waals surface area contributed by atoms with Crippen LogP contribution in [-0.4, -0.2) is 17.7 Å². The van der Waals surface area contributed by atoms with Crippen molar-refractivity contribution < 1.29 is 23.4 Å². The predicted molar refractivity (Wildman–Crippen MR) is 58.0 cm³/mol. The molecule has 0 saturated carbocycles. The van der Waals surface area contributed by atoms with E-state index >= 15 is 0 Å². The quantitative estimate of drug-likeness (QED) is 0.837. The van der Waals surface area contributed by atoms with Gasteiger partial charge in [-0.2, -0.15) is 5.26 Å². The summed E-state index contributed by atoms with van der Waals surface area (Å²) in [4.78, 5) is 11.5. The molecule has 0 saturated heterocycles. The molecule has 1 aromatic carbocycles. The van der Waals surface area contributed by atoms with Crippen LogP contribution in [0.3, 0.4) is 0 Å². The lowest BCUT2D eigenvalue weighted by Gasteiger charge is -2.12. The molecule has 0 spiro atoms. The fraction of sp³-hybridized carbons (Fsp3) is 0.333. The molecule has 0 radical (unpaired) electrons. The lowest BCUT2D eigenvalue weighted by molar-refractivity contribution is 0.0515. The molecule has 0 unspecified atom stereocenters. The number of esters is 1. The van der Waals surface area contributed by atoms with Crippen LogP contribution in [0.15, 0.2) is 12.1 Å². The van der Waals surface area contributed by atoms with Crippen LogP contribution in [0, 0.1) is 11.3 Å². The third kappa shape index (κ3) is 2.63. The molecular weight excluding hydrogens is 244 g/mol. The van der Waals surface area contributed by atoms with Crippen molar-refractivity contribution in [1.29, 1.82) is 5.26 Å². The lowest BCUT2D eigenvalue weighted by atomic mass is 9.97. The van der Waals surface area contributed by atoms with E-state index < -0.39 is 24.6 Å². The lowest BCUT2D eigenvalue weighted by Crippen LogP contribution is -2.11. The van der Waals surface area contributed by atoms with Crippen LogP contribution in [0.25, 0.3) is 0 Å². The Morgan fingerprint density at radius 3 is 2.67 bits per heavy atom. The average molecular weight is 255 g/mol. The SMILES string of the molecule is CCOC(=O)c1ccc(CO)c(C#N)c1C(F)F. The molecule has 0 aliphatic carbocycles. The van der Waals surface area contributed by atoms with Gasteiger partial charge in [0.2, 0.25) is 0 Å². The number of hydrogen-bond acceptors (Lipinski definition) is 4. The Hall–Kier alpha value is -2.00. The summed E-state index contributed by atoms with van der Waals surface area (Å²) in [5, 5.41) is 17.8. The van der Waals surface area contributed by atoms with Crippen molar-refractivity contribution in [2.75, 3.05) is 6.61 Å². The van der Waals surface area contributed by atoms with E-state index in [0.29, 0.717) is 0 Å². The highest BCUT2D eigenvalue weighted by molar-refractivity contribution is 5.92. The number of ether oxygens (including phenoxy) is 1. The first-order chi connectivity index (χ1) is 8.56. The van der Waals surface area contributed by atoms with Crippen molar-refractivity contribution in [1.82, 2.24) is 0 Å². The van der Waals surface area contributed by atoms with E-state index in [0.717, 1.165) is 6.07 Å². The summed E-state index contributed by atoms with van der Waals surface area (Å²) in [6.45, 7) is 1.05. The maximum atomic E-state index is 13.0. The van der Waals surface area contributed by atoms with Gasteiger partial charge >= 0.3 is 5.97 Å². The summed E-state index contributed by atoms with van der Waals surface area (Å²) in [7, 11) is 0. The zero-order chi connectivity index (χ0) is 13.7. The number of nitrogens with zero attached hydrogens (tertiary/aromatic N) is 1. The highest BCUT2D eigenvalue weighted by Gasteiger charge is 2.25. The summed E-state index contributed by atoms with van der Waals surface area (Å²) in [5.41, 5.74) is -1.36. The number of hydrogen-bond donors (Lipinski definition) is 1. The highest BCUT2D eigenvalue weighted by atomic mass is 19.3. The van der Waals surface area contributed by atoms with Gasteiger partial charge in [-0.1, -0.05) is 6.07 Å².